The molecule has 5 nitrogen and oxygen atoms in total. The van der Waals surface area contributed by atoms with Crippen LogP contribution in [0.5, 0.6) is 0 Å². The first-order valence-corrected chi connectivity index (χ1v) is 10.9. The van der Waals surface area contributed by atoms with Gasteiger partial charge >= 0.3 is 6.18 Å². The highest BCUT2D eigenvalue weighted by Crippen LogP contribution is 2.36. The van der Waals surface area contributed by atoms with Gasteiger partial charge in [0.05, 0.1) is 29.2 Å². The lowest BCUT2D eigenvalue weighted by Gasteiger charge is -2.08. The molecule has 0 saturated heterocycles. The number of carbonyl (C=O) groups is 1. The molecule has 1 amide bonds. The third-order valence-corrected chi connectivity index (χ3v) is 6.35. The molecule has 0 radical (unpaired) electrons. The number of aryl methyl sites for hydroxylation is 1. The molecule has 0 unspecified atom stereocenters. The lowest BCUT2D eigenvalue weighted by atomic mass is 10.1. The van der Waals surface area contributed by atoms with Crippen molar-refractivity contribution < 1.29 is 18.0 Å². The molecule has 170 valence electrons. The molecule has 0 saturated carbocycles. The van der Waals surface area contributed by atoms with Gasteiger partial charge in [0.25, 0.3) is 0 Å². The van der Waals surface area contributed by atoms with E-state index < -0.39 is 17.6 Å². The summed E-state index contributed by atoms with van der Waals surface area (Å²) in [5.41, 5.74) is 8.03. The molecule has 0 spiro atoms. The van der Waals surface area contributed by atoms with Crippen LogP contribution in [0.15, 0.2) is 61.2 Å². The van der Waals surface area contributed by atoms with Crippen molar-refractivity contribution in [1.29, 1.82) is 0 Å². The second-order valence-electron chi connectivity index (χ2n) is 7.65. The summed E-state index contributed by atoms with van der Waals surface area (Å²) in [4.78, 5) is 12.0. The number of alkyl halides is 3. The third kappa shape index (κ3) is 4.93. The van der Waals surface area contributed by atoms with Gasteiger partial charge in [-0.1, -0.05) is 43.0 Å². The topological polar surface area (TPSA) is 72.9 Å². The summed E-state index contributed by atoms with van der Waals surface area (Å²) in [6.45, 7) is 3.92. The van der Waals surface area contributed by atoms with Gasteiger partial charge < -0.3 is 11.1 Å². The minimum absolute atomic E-state index is 0.0290. The summed E-state index contributed by atoms with van der Waals surface area (Å²) in [5, 5.41) is 8.47. The van der Waals surface area contributed by atoms with Crippen molar-refractivity contribution in [3.05, 3.63) is 82.9 Å². The third-order valence-electron chi connectivity index (χ3n) is 5.17. The number of hydrogen-bond acceptors (Lipinski definition) is 4. The number of amides is 1. The van der Waals surface area contributed by atoms with Crippen LogP contribution in [0.3, 0.4) is 0 Å². The Morgan fingerprint density at radius 3 is 2.67 bits per heavy atom. The van der Waals surface area contributed by atoms with Crippen LogP contribution in [0.4, 0.5) is 13.2 Å². The fourth-order valence-electron chi connectivity index (χ4n) is 3.63. The standard InChI is InChI=1S/C24H21F3N4OS/c1-14(29-13-22(28)32)21-12-20(30-31(21)2)19-8-4-6-16-11-18(33-23(16)19)10-15-5-3-7-17(9-15)24(25,26)27/h3-9,11-12,29H,1,10,13H2,2H3,(H2,28,32). The van der Waals surface area contributed by atoms with Crippen LogP contribution in [0.25, 0.3) is 27.0 Å². The van der Waals surface area contributed by atoms with Gasteiger partial charge in [0.2, 0.25) is 5.91 Å². The summed E-state index contributed by atoms with van der Waals surface area (Å²) in [6.07, 6.45) is -3.96. The number of nitrogens with zero attached hydrogens (tertiary/aromatic N) is 2. The van der Waals surface area contributed by atoms with E-state index in [1.165, 1.54) is 23.5 Å². The van der Waals surface area contributed by atoms with E-state index in [9.17, 15) is 18.0 Å². The molecule has 0 aliphatic carbocycles. The maximum atomic E-state index is 13.1. The molecule has 0 atom stereocenters. The minimum Gasteiger partial charge on any atom is -0.375 e. The van der Waals surface area contributed by atoms with E-state index in [1.54, 1.807) is 17.8 Å². The van der Waals surface area contributed by atoms with Crippen molar-refractivity contribution in [2.45, 2.75) is 12.6 Å². The number of carbonyl (C=O) groups excluding carboxylic acids is 1. The summed E-state index contributed by atoms with van der Waals surface area (Å²) in [7, 11) is 1.78. The Kier molecular flexibility index (Phi) is 5.99. The molecule has 9 heteroatoms. The van der Waals surface area contributed by atoms with E-state index >= 15 is 0 Å². The van der Waals surface area contributed by atoms with Gasteiger partial charge in [-0.2, -0.15) is 18.3 Å². The highest BCUT2D eigenvalue weighted by Gasteiger charge is 2.30. The normalized spacial score (nSPS) is 11.6. The van der Waals surface area contributed by atoms with Gasteiger partial charge in [-0.05, 0) is 29.1 Å². The molecular weight excluding hydrogens is 449 g/mol. The zero-order valence-electron chi connectivity index (χ0n) is 17.7. The fourth-order valence-corrected chi connectivity index (χ4v) is 4.84. The molecule has 2 aromatic heterocycles. The first-order chi connectivity index (χ1) is 15.6. The van der Waals surface area contributed by atoms with Crippen LogP contribution in [0.2, 0.25) is 0 Å². The monoisotopic (exact) mass is 470 g/mol. The van der Waals surface area contributed by atoms with E-state index in [0.29, 0.717) is 23.4 Å². The molecule has 4 aromatic rings. The quantitative estimate of drug-likeness (QED) is 0.401. The number of nitrogens with one attached hydrogen (secondary N) is 1. The predicted molar refractivity (Wildman–Crippen MR) is 125 cm³/mol. The van der Waals surface area contributed by atoms with Gasteiger partial charge in [0, 0.05) is 28.6 Å². The van der Waals surface area contributed by atoms with E-state index in [0.717, 1.165) is 32.3 Å². The number of benzene rings is 2. The average Bonchev–Trinajstić information content (AvgIpc) is 3.34. The maximum Gasteiger partial charge on any atom is 0.416 e. The number of halogens is 3. The molecule has 0 aliphatic heterocycles. The lowest BCUT2D eigenvalue weighted by Crippen LogP contribution is -2.27. The number of thiophene rings is 1. The molecule has 4 rings (SSSR count). The number of aromatic nitrogens is 2. The Hall–Kier alpha value is -3.59. The van der Waals surface area contributed by atoms with E-state index in [1.807, 2.05) is 30.3 Å². The van der Waals surface area contributed by atoms with Crippen molar-refractivity contribution in [1.82, 2.24) is 15.1 Å². The number of primary amides is 1. The van der Waals surface area contributed by atoms with Crippen molar-refractivity contribution >= 4 is 33.0 Å². The van der Waals surface area contributed by atoms with Crippen LogP contribution >= 0.6 is 11.3 Å². The molecule has 33 heavy (non-hydrogen) atoms. The molecule has 3 N–H and O–H groups in total. The Morgan fingerprint density at radius 1 is 1.18 bits per heavy atom. The van der Waals surface area contributed by atoms with Crippen molar-refractivity contribution in [2.24, 2.45) is 12.8 Å². The summed E-state index contributed by atoms with van der Waals surface area (Å²) < 4.78 is 41.8. The van der Waals surface area contributed by atoms with Gasteiger partial charge in [0.1, 0.15) is 0 Å². The van der Waals surface area contributed by atoms with Crippen LogP contribution in [0.1, 0.15) is 21.7 Å². The smallest absolute Gasteiger partial charge is 0.375 e. The van der Waals surface area contributed by atoms with E-state index in [4.69, 9.17) is 5.73 Å². The summed E-state index contributed by atoms with van der Waals surface area (Å²) in [6, 6.07) is 15.1. The second kappa shape index (κ2) is 8.74. The molecule has 0 aliphatic rings. The van der Waals surface area contributed by atoms with Gasteiger partial charge in [-0.15, -0.1) is 11.3 Å². The first kappa shape index (κ1) is 22.6. The van der Waals surface area contributed by atoms with Gasteiger partial charge in [0.15, 0.2) is 0 Å². The summed E-state index contributed by atoms with van der Waals surface area (Å²) >= 11 is 1.53. The zero-order chi connectivity index (χ0) is 23.8. The number of fused-ring (bicyclic) bond motifs is 1. The zero-order valence-corrected chi connectivity index (χ0v) is 18.6. The Morgan fingerprint density at radius 2 is 1.94 bits per heavy atom. The number of hydrogen-bond donors (Lipinski definition) is 2. The predicted octanol–water partition coefficient (Wildman–Crippen LogP) is 4.96. The van der Waals surface area contributed by atoms with Crippen LogP contribution in [0, 0.1) is 0 Å². The molecule has 0 fully saturated rings. The molecule has 2 heterocycles. The number of rotatable bonds is 7. The highest BCUT2D eigenvalue weighted by molar-refractivity contribution is 7.19. The van der Waals surface area contributed by atoms with Crippen LogP contribution < -0.4 is 11.1 Å². The molecule has 0 bridgehead atoms. The minimum atomic E-state index is -4.36. The maximum absolute atomic E-state index is 13.1. The van der Waals surface area contributed by atoms with Crippen LogP contribution in [-0.2, 0) is 24.4 Å². The van der Waals surface area contributed by atoms with Crippen LogP contribution in [-0.4, -0.2) is 22.2 Å². The SMILES string of the molecule is C=C(NCC(N)=O)c1cc(-c2cccc3cc(Cc4cccc(C(F)(F)F)c4)sc23)nn1C. The Labute approximate surface area is 192 Å². The average molecular weight is 471 g/mol. The highest BCUT2D eigenvalue weighted by atomic mass is 32.1. The Bertz CT molecular complexity index is 1350. The fraction of sp³-hybridized carbons (Fsp3) is 0.167. The van der Waals surface area contributed by atoms with Crippen molar-refractivity contribution in [2.75, 3.05) is 6.54 Å². The van der Waals surface area contributed by atoms with E-state index in [2.05, 4.69) is 17.0 Å². The van der Waals surface area contributed by atoms with Crippen molar-refractivity contribution in [3.8, 4) is 11.3 Å². The number of nitrogens with two attached hydrogens (primary N) is 1. The molecular formula is C24H21F3N4OS. The summed E-state index contributed by atoms with van der Waals surface area (Å²) in [5.74, 6) is -0.491. The van der Waals surface area contributed by atoms with Gasteiger partial charge in [-0.3, -0.25) is 9.48 Å². The van der Waals surface area contributed by atoms with Crippen molar-refractivity contribution in [3.63, 3.8) is 0 Å². The first-order valence-electron chi connectivity index (χ1n) is 10.1. The Balaban J connectivity index is 1.65. The van der Waals surface area contributed by atoms with Gasteiger partial charge in [-0.25, -0.2) is 0 Å². The lowest BCUT2D eigenvalue weighted by molar-refractivity contribution is -0.137. The molecule has 2 aromatic carbocycles. The van der Waals surface area contributed by atoms with E-state index in [-0.39, 0.29) is 6.54 Å². The second-order valence-corrected chi connectivity index (χ2v) is 8.79. The largest absolute Gasteiger partial charge is 0.416 e.